The summed E-state index contributed by atoms with van der Waals surface area (Å²) < 4.78 is 16.3. The van der Waals surface area contributed by atoms with Gasteiger partial charge in [0.15, 0.2) is 0 Å². The maximum Gasteiger partial charge on any atom is 0.260 e. The zero-order chi connectivity index (χ0) is 30.2. The normalized spacial score (nSPS) is 12.7. The van der Waals surface area contributed by atoms with E-state index in [1.807, 2.05) is 24.5 Å². The maximum atomic E-state index is 6.97. The fourth-order valence-corrected chi connectivity index (χ4v) is 7.36. The van der Waals surface area contributed by atoms with Gasteiger partial charge in [0.05, 0.1) is 16.7 Å². The number of para-hydroxylation sites is 4. The van der Waals surface area contributed by atoms with E-state index in [1.54, 1.807) is 12.4 Å². The molecule has 5 heterocycles. The Hall–Kier alpha value is -6.14. The quantitative estimate of drug-likeness (QED) is 0.199. The first kappa shape index (κ1) is 25.2. The maximum absolute atomic E-state index is 6.97. The number of benzene rings is 5. The van der Waals surface area contributed by atoms with Gasteiger partial charge in [-0.2, -0.15) is 0 Å². The molecule has 8 aromatic rings. The Bertz CT molecular complexity index is 2320. The Morgan fingerprint density at radius 3 is 1.54 bits per heavy atom. The molecule has 3 aromatic heterocycles. The van der Waals surface area contributed by atoms with E-state index in [2.05, 4.69) is 124 Å². The van der Waals surface area contributed by atoms with Crippen LogP contribution < -0.4 is 25.9 Å². The number of ether oxygens (including phenoxy) is 2. The summed E-state index contributed by atoms with van der Waals surface area (Å²) in [6.45, 7) is -0.0852. The molecule has 0 atom stereocenters. The van der Waals surface area contributed by atoms with Gasteiger partial charge < -0.3 is 14.0 Å². The number of pyridine rings is 2. The first-order chi connectivity index (χ1) is 22.8. The standard InChI is InChI=1S/C40H24BN3O2/c1-3-17-34-30(11-1)31-12-2-4-18-35(31)44(34)27-21-36-38-37(22-27)46-40-29(26-10-8-20-43-24-26)14-6-16-33(40)41(38)32-15-5-13-28(39(32)45-36)25-9-7-19-42-23-25/h1-24H. The van der Waals surface area contributed by atoms with Gasteiger partial charge in [0.2, 0.25) is 0 Å². The van der Waals surface area contributed by atoms with Gasteiger partial charge in [-0.25, -0.2) is 0 Å². The summed E-state index contributed by atoms with van der Waals surface area (Å²) in [7, 11) is 0. The molecule has 0 amide bonds. The molecule has 5 nitrogen and oxygen atoms in total. The van der Waals surface area contributed by atoms with E-state index in [-0.39, 0.29) is 6.71 Å². The minimum atomic E-state index is -0.0852. The number of fused-ring (bicyclic) bond motifs is 7. The van der Waals surface area contributed by atoms with Crippen molar-refractivity contribution in [3.63, 3.8) is 0 Å². The molecule has 10 rings (SSSR count). The zero-order valence-corrected chi connectivity index (χ0v) is 24.6. The Labute approximate surface area is 265 Å². The van der Waals surface area contributed by atoms with E-state index in [1.165, 1.54) is 10.8 Å². The van der Waals surface area contributed by atoms with Crippen LogP contribution in [0.5, 0.6) is 23.0 Å². The van der Waals surface area contributed by atoms with E-state index >= 15 is 0 Å². The van der Waals surface area contributed by atoms with Crippen LogP contribution in [0.3, 0.4) is 0 Å². The topological polar surface area (TPSA) is 49.2 Å². The summed E-state index contributed by atoms with van der Waals surface area (Å²) in [5.41, 5.74) is 10.5. The second-order valence-electron chi connectivity index (χ2n) is 11.8. The lowest BCUT2D eigenvalue weighted by Gasteiger charge is -2.35. The summed E-state index contributed by atoms with van der Waals surface area (Å²) in [5.74, 6) is 3.28. The number of hydrogen-bond donors (Lipinski definition) is 0. The van der Waals surface area contributed by atoms with Gasteiger partial charge in [-0.3, -0.25) is 9.97 Å². The molecule has 6 heteroatoms. The summed E-state index contributed by atoms with van der Waals surface area (Å²) >= 11 is 0. The van der Waals surface area contributed by atoms with Crippen molar-refractivity contribution >= 4 is 44.9 Å². The fourth-order valence-electron chi connectivity index (χ4n) is 7.36. The smallest absolute Gasteiger partial charge is 0.260 e. The molecular formula is C40H24BN3O2. The van der Waals surface area contributed by atoms with Gasteiger partial charge in [-0.05, 0) is 35.2 Å². The van der Waals surface area contributed by atoms with Gasteiger partial charge >= 0.3 is 0 Å². The van der Waals surface area contributed by atoms with Crippen LogP contribution in [-0.4, -0.2) is 21.2 Å². The molecule has 214 valence electrons. The SMILES string of the molecule is c1cncc(-c2cccc3c2Oc2cc(-n4c5ccccc5c5ccccc54)cc4c2B3c2cccc(-c3cccnc3)c2O4)c1. The lowest BCUT2D eigenvalue weighted by molar-refractivity contribution is 0.466. The average molecular weight is 589 g/mol. The molecular weight excluding hydrogens is 565 g/mol. The number of nitrogens with zero attached hydrogens (tertiary/aromatic N) is 3. The highest BCUT2D eigenvalue weighted by Gasteiger charge is 2.42. The molecule has 2 aliphatic heterocycles. The Balaban J connectivity index is 1.28. The third-order valence-electron chi connectivity index (χ3n) is 9.30. The number of aromatic nitrogens is 3. The Kier molecular flexibility index (Phi) is 5.31. The molecule has 0 fully saturated rings. The fraction of sp³-hybridized carbons (Fsp3) is 0. The molecule has 0 bridgehead atoms. The number of hydrogen-bond acceptors (Lipinski definition) is 4. The molecule has 0 saturated heterocycles. The third kappa shape index (κ3) is 3.58. The second kappa shape index (κ2) is 9.68. The van der Waals surface area contributed by atoms with Crippen LogP contribution in [0.1, 0.15) is 0 Å². The molecule has 0 spiro atoms. The Morgan fingerprint density at radius 2 is 1.04 bits per heavy atom. The first-order valence-corrected chi connectivity index (χ1v) is 15.4. The summed E-state index contributed by atoms with van der Waals surface area (Å²) in [6.07, 6.45) is 7.39. The zero-order valence-electron chi connectivity index (χ0n) is 24.6. The van der Waals surface area contributed by atoms with Crippen LogP contribution in [-0.2, 0) is 0 Å². The molecule has 2 aliphatic rings. The molecule has 0 unspecified atom stereocenters. The second-order valence-corrected chi connectivity index (χ2v) is 11.8. The predicted octanol–water partition coefficient (Wildman–Crippen LogP) is 7.64. The largest absolute Gasteiger partial charge is 0.458 e. The van der Waals surface area contributed by atoms with Gasteiger partial charge in [0.1, 0.15) is 23.0 Å². The molecule has 0 radical (unpaired) electrons. The minimum Gasteiger partial charge on any atom is -0.458 e. The van der Waals surface area contributed by atoms with E-state index < -0.39 is 0 Å². The van der Waals surface area contributed by atoms with Crippen molar-refractivity contribution in [1.82, 2.24) is 14.5 Å². The average Bonchev–Trinajstić information content (AvgIpc) is 3.46. The summed E-state index contributed by atoms with van der Waals surface area (Å²) in [5, 5.41) is 2.41. The van der Waals surface area contributed by atoms with Crippen molar-refractivity contribution in [1.29, 1.82) is 0 Å². The van der Waals surface area contributed by atoms with Crippen LogP contribution in [0.25, 0.3) is 49.7 Å². The Morgan fingerprint density at radius 1 is 0.522 bits per heavy atom. The van der Waals surface area contributed by atoms with E-state index in [4.69, 9.17) is 9.47 Å². The monoisotopic (exact) mass is 589 g/mol. The highest BCUT2D eigenvalue weighted by Crippen LogP contribution is 2.43. The molecule has 0 saturated carbocycles. The molecule has 46 heavy (non-hydrogen) atoms. The van der Waals surface area contributed by atoms with Crippen molar-refractivity contribution in [3.05, 3.63) is 146 Å². The summed E-state index contributed by atoms with van der Waals surface area (Å²) in [6, 6.07) is 42.4. The van der Waals surface area contributed by atoms with Crippen molar-refractivity contribution in [2.45, 2.75) is 0 Å². The van der Waals surface area contributed by atoms with Crippen molar-refractivity contribution < 1.29 is 9.47 Å². The van der Waals surface area contributed by atoms with Crippen molar-refractivity contribution in [2.24, 2.45) is 0 Å². The minimum absolute atomic E-state index is 0.0852. The van der Waals surface area contributed by atoms with Crippen molar-refractivity contribution in [3.8, 4) is 50.9 Å². The van der Waals surface area contributed by atoms with Crippen molar-refractivity contribution in [2.75, 3.05) is 0 Å². The van der Waals surface area contributed by atoms with Crippen LogP contribution in [0.15, 0.2) is 146 Å². The summed E-state index contributed by atoms with van der Waals surface area (Å²) in [4.78, 5) is 8.84. The highest BCUT2D eigenvalue weighted by molar-refractivity contribution is 6.98. The lowest BCUT2D eigenvalue weighted by atomic mass is 9.34. The van der Waals surface area contributed by atoms with Crippen LogP contribution in [0.4, 0.5) is 0 Å². The molecule has 0 N–H and O–H groups in total. The third-order valence-corrected chi connectivity index (χ3v) is 9.30. The lowest BCUT2D eigenvalue weighted by Crippen LogP contribution is -2.57. The van der Waals surface area contributed by atoms with E-state index in [9.17, 15) is 0 Å². The predicted molar refractivity (Wildman–Crippen MR) is 185 cm³/mol. The van der Waals surface area contributed by atoms with E-state index in [0.29, 0.717) is 0 Å². The van der Waals surface area contributed by atoms with Gasteiger partial charge in [0, 0.05) is 75.4 Å². The van der Waals surface area contributed by atoms with Gasteiger partial charge in [-0.15, -0.1) is 0 Å². The first-order valence-electron chi connectivity index (χ1n) is 15.4. The van der Waals surface area contributed by atoms with Crippen LogP contribution in [0, 0.1) is 0 Å². The molecule has 0 aliphatic carbocycles. The van der Waals surface area contributed by atoms with Gasteiger partial charge in [0.25, 0.3) is 6.71 Å². The van der Waals surface area contributed by atoms with Crippen LogP contribution >= 0.6 is 0 Å². The highest BCUT2D eigenvalue weighted by atomic mass is 16.5. The molecule has 5 aromatic carbocycles. The van der Waals surface area contributed by atoms with E-state index in [0.717, 1.165) is 78.4 Å². The van der Waals surface area contributed by atoms with Crippen LogP contribution in [0.2, 0.25) is 0 Å². The number of rotatable bonds is 3. The van der Waals surface area contributed by atoms with Gasteiger partial charge in [-0.1, -0.05) is 84.9 Å².